The summed E-state index contributed by atoms with van der Waals surface area (Å²) in [7, 11) is 1.99. The zero-order valence-corrected chi connectivity index (χ0v) is 20.8. The van der Waals surface area contributed by atoms with Crippen molar-refractivity contribution in [3.8, 4) is 11.9 Å². The second-order valence-corrected chi connectivity index (χ2v) is 9.43. The number of rotatable bonds is 1. The van der Waals surface area contributed by atoms with Crippen LogP contribution >= 0.6 is 23.2 Å². The molecule has 1 atom stereocenters. The summed E-state index contributed by atoms with van der Waals surface area (Å²) in [6.07, 6.45) is 1.94. The van der Waals surface area contributed by atoms with E-state index in [1.54, 1.807) is 9.36 Å². The lowest BCUT2D eigenvalue weighted by Crippen LogP contribution is -2.29. The first kappa shape index (κ1) is 21.1. The minimum Gasteiger partial charge on any atom is -0.329 e. The highest BCUT2D eigenvalue weighted by atomic mass is 35.5. The molecule has 11 heteroatoms. The number of aromatic nitrogens is 7. The molecule has 0 saturated heterocycles. The van der Waals surface area contributed by atoms with Crippen molar-refractivity contribution in [3.05, 3.63) is 68.7 Å². The predicted octanol–water partition coefficient (Wildman–Crippen LogP) is 4.80. The Kier molecular flexibility index (Phi) is 4.53. The summed E-state index contributed by atoms with van der Waals surface area (Å²) in [5, 5.41) is 10.3. The first-order chi connectivity index (χ1) is 16.2. The van der Waals surface area contributed by atoms with Crippen LogP contribution in [0.1, 0.15) is 41.6 Å². The van der Waals surface area contributed by atoms with E-state index in [0.29, 0.717) is 27.8 Å². The lowest BCUT2D eigenvalue weighted by molar-refractivity contribution is 0.652. The fraction of sp³-hybridized carbons (Fsp3) is 0.261. The maximum absolute atomic E-state index is 6.43. The van der Waals surface area contributed by atoms with Crippen molar-refractivity contribution in [2.75, 3.05) is 16.8 Å². The molecule has 0 amide bonds. The average molecular weight is 494 g/mol. The van der Waals surface area contributed by atoms with Crippen LogP contribution in [-0.2, 0) is 0 Å². The molecule has 2 bridgehead atoms. The molecule has 6 rings (SSSR count). The summed E-state index contributed by atoms with van der Waals surface area (Å²) < 4.78 is 3.51. The van der Waals surface area contributed by atoms with Crippen molar-refractivity contribution >= 4 is 40.7 Å². The van der Waals surface area contributed by atoms with E-state index >= 15 is 0 Å². The Morgan fingerprint density at radius 1 is 0.794 bits per heavy atom. The summed E-state index contributed by atoms with van der Waals surface area (Å²) in [5.74, 6) is 2.27. The number of benzene rings is 1. The van der Waals surface area contributed by atoms with Gasteiger partial charge in [-0.3, -0.25) is 0 Å². The predicted molar refractivity (Wildman–Crippen MR) is 132 cm³/mol. The molecule has 2 aliphatic heterocycles. The summed E-state index contributed by atoms with van der Waals surface area (Å²) in [6.45, 7) is 8.00. The highest BCUT2D eigenvalue weighted by Crippen LogP contribution is 2.49. The SMILES string of the molecule is Cc1cc(C)n(-c2nc3nc(n2)-n2nc(C)cc2C(C)N2/C(=C\3)N(C)c3cc(Cl)c(Cl)cc32)n1. The van der Waals surface area contributed by atoms with Crippen LogP contribution in [0.3, 0.4) is 0 Å². The minimum absolute atomic E-state index is 0.108. The Morgan fingerprint density at radius 3 is 2.09 bits per heavy atom. The average Bonchev–Trinajstić information content (AvgIpc) is 3.42. The number of nitrogens with zero attached hydrogens (tertiary/aromatic N) is 9. The highest BCUT2D eigenvalue weighted by Gasteiger charge is 2.36. The van der Waals surface area contributed by atoms with Gasteiger partial charge in [-0.15, -0.1) is 0 Å². The van der Waals surface area contributed by atoms with Crippen LogP contribution in [0.5, 0.6) is 0 Å². The van der Waals surface area contributed by atoms with Crippen molar-refractivity contribution in [3.63, 3.8) is 0 Å². The van der Waals surface area contributed by atoms with E-state index in [1.807, 2.05) is 52.1 Å². The number of hydrogen-bond acceptors (Lipinski definition) is 7. The van der Waals surface area contributed by atoms with Gasteiger partial charge in [0.1, 0.15) is 5.82 Å². The Balaban J connectivity index is 1.65. The molecule has 0 radical (unpaired) electrons. The van der Waals surface area contributed by atoms with E-state index < -0.39 is 0 Å². The highest BCUT2D eigenvalue weighted by molar-refractivity contribution is 6.42. The summed E-state index contributed by atoms with van der Waals surface area (Å²) in [5.41, 5.74) is 5.52. The van der Waals surface area contributed by atoms with Crippen molar-refractivity contribution in [2.45, 2.75) is 33.7 Å². The first-order valence-electron chi connectivity index (χ1n) is 10.8. The Hall–Kier alpha value is -3.43. The molecule has 2 aliphatic rings. The number of hydrogen-bond donors (Lipinski definition) is 0. The van der Waals surface area contributed by atoms with Gasteiger partial charge in [0, 0.05) is 18.8 Å². The fourth-order valence-electron chi connectivity index (χ4n) is 4.65. The van der Waals surface area contributed by atoms with Gasteiger partial charge in [-0.05, 0) is 52.0 Å². The van der Waals surface area contributed by atoms with Gasteiger partial charge >= 0.3 is 0 Å². The lowest BCUT2D eigenvalue weighted by atomic mass is 10.1. The topological polar surface area (TPSA) is 80.8 Å². The van der Waals surface area contributed by atoms with Gasteiger partial charge in [0.2, 0.25) is 0 Å². The van der Waals surface area contributed by atoms with Crippen LogP contribution in [-0.4, -0.2) is 41.6 Å². The fourth-order valence-corrected chi connectivity index (χ4v) is 4.96. The van der Waals surface area contributed by atoms with Gasteiger partial charge in [0.05, 0.1) is 44.5 Å². The third-order valence-corrected chi connectivity index (χ3v) is 6.90. The zero-order valence-electron chi connectivity index (χ0n) is 19.2. The molecule has 1 aromatic carbocycles. The largest absolute Gasteiger partial charge is 0.329 e. The molecular weight excluding hydrogens is 473 g/mol. The van der Waals surface area contributed by atoms with Gasteiger partial charge in [0.25, 0.3) is 11.9 Å². The van der Waals surface area contributed by atoms with Gasteiger partial charge in [-0.2, -0.15) is 25.1 Å². The molecule has 9 nitrogen and oxygen atoms in total. The monoisotopic (exact) mass is 493 g/mol. The molecular formula is C23H21Cl2N9. The molecule has 172 valence electrons. The molecule has 34 heavy (non-hydrogen) atoms. The quantitative estimate of drug-likeness (QED) is 0.376. The maximum atomic E-state index is 6.43. The smallest absolute Gasteiger partial charge is 0.256 e. The first-order valence-corrected chi connectivity index (χ1v) is 11.6. The Labute approximate surface area is 206 Å². The standard InChI is InChI=1S/C23H21Cl2N9/c1-11-6-13(3)33(29-11)22-26-20-10-21-31(5)18-8-15(24)16(25)9-19(18)32(21)14(4)17-7-12(2)30-34(17)23(27-20)28-22/h6-10,14H,1-5H3/b21-10-. The number of aryl methyl sites for hydroxylation is 3. The zero-order chi connectivity index (χ0) is 23.9. The summed E-state index contributed by atoms with van der Waals surface area (Å²) >= 11 is 12.8. The third kappa shape index (κ3) is 3.04. The second-order valence-electron chi connectivity index (χ2n) is 8.62. The molecule has 0 fully saturated rings. The molecule has 0 N–H and O–H groups in total. The van der Waals surface area contributed by atoms with Crippen LogP contribution in [0.2, 0.25) is 10.0 Å². The van der Waals surface area contributed by atoms with E-state index in [9.17, 15) is 0 Å². The van der Waals surface area contributed by atoms with E-state index in [0.717, 1.165) is 40.0 Å². The van der Waals surface area contributed by atoms with Gasteiger partial charge in [-0.1, -0.05) is 23.2 Å². The molecule has 0 spiro atoms. The van der Waals surface area contributed by atoms with Crippen LogP contribution in [0.4, 0.5) is 11.4 Å². The van der Waals surface area contributed by atoms with Gasteiger partial charge < -0.3 is 9.80 Å². The molecule has 0 aliphatic carbocycles. The molecule has 0 saturated carbocycles. The van der Waals surface area contributed by atoms with Crippen molar-refractivity contribution in [2.24, 2.45) is 0 Å². The van der Waals surface area contributed by atoms with Gasteiger partial charge in [0.15, 0.2) is 5.82 Å². The Morgan fingerprint density at radius 2 is 1.41 bits per heavy atom. The van der Waals surface area contributed by atoms with Crippen LogP contribution in [0, 0.1) is 20.8 Å². The number of fused-ring (bicyclic) bond motifs is 7. The van der Waals surface area contributed by atoms with Crippen LogP contribution in [0.15, 0.2) is 30.1 Å². The van der Waals surface area contributed by atoms with Crippen molar-refractivity contribution in [1.82, 2.24) is 34.5 Å². The minimum atomic E-state index is -0.108. The second kappa shape index (κ2) is 7.28. The number of anilines is 2. The third-order valence-electron chi connectivity index (χ3n) is 6.18. The summed E-state index contributed by atoms with van der Waals surface area (Å²) in [6, 6.07) is 7.71. The lowest BCUT2D eigenvalue weighted by Gasteiger charge is -2.28. The normalized spacial score (nSPS) is 18.0. The summed E-state index contributed by atoms with van der Waals surface area (Å²) in [4.78, 5) is 18.5. The van der Waals surface area contributed by atoms with Crippen molar-refractivity contribution < 1.29 is 0 Å². The molecule has 4 aromatic rings. The Bertz CT molecular complexity index is 1520. The van der Waals surface area contributed by atoms with Crippen molar-refractivity contribution in [1.29, 1.82) is 0 Å². The molecule has 1 unspecified atom stereocenters. The van der Waals surface area contributed by atoms with Crippen LogP contribution < -0.4 is 9.80 Å². The molecule has 3 aromatic heterocycles. The van der Waals surface area contributed by atoms with E-state index in [1.165, 1.54) is 0 Å². The maximum Gasteiger partial charge on any atom is 0.256 e. The van der Waals surface area contributed by atoms with Gasteiger partial charge in [-0.25, -0.2) is 9.36 Å². The van der Waals surface area contributed by atoms with Crippen LogP contribution in [0.25, 0.3) is 18.0 Å². The number of halogens is 2. The molecule has 5 heterocycles. The van der Waals surface area contributed by atoms with E-state index in [4.69, 9.17) is 43.3 Å². The van der Waals surface area contributed by atoms with E-state index in [-0.39, 0.29) is 6.04 Å². The van der Waals surface area contributed by atoms with E-state index in [2.05, 4.69) is 27.9 Å².